The molecule has 0 amide bonds. The second-order valence-electron chi connectivity index (χ2n) is 8.78. The van der Waals surface area contributed by atoms with Crippen LogP contribution >= 0.6 is 0 Å². The summed E-state index contributed by atoms with van der Waals surface area (Å²) in [5.74, 6) is 0.315. The van der Waals surface area contributed by atoms with Gasteiger partial charge in [0.15, 0.2) is 5.52 Å². The molecule has 176 valence electrons. The lowest BCUT2D eigenvalue weighted by Gasteiger charge is -2.30. The van der Waals surface area contributed by atoms with E-state index in [1.165, 1.54) is 10.6 Å². The minimum Gasteiger partial charge on any atom is -0.473 e. The Balaban J connectivity index is 1.60. The van der Waals surface area contributed by atoms with E-state index < -0.39 is 16.1 Å². The standard InChI is InChI=1S/C23H28N4O5S/c1-23(2,15-28)17-6-4-16(5-7-17)19-12-20-21(25-9-8-24-20)22(26-19)32-14-18-13-27(10-11-31-18)33(3,29)30/h4-9,12,18,28H,10-11,13-15H2,1-3H3/t18-/m0/s1. The number of pyridine rings is 1. The molecule has 1 saturated heterocycles. The largest absolute Gasteiger partial charge is 0.473 e. The summed E-state index contributed by atoms with van der Waals surface area (Å²) in [6.45, 7) is 5.02. The van der Waals surface area contributed by atoms with Gasteiger partial charge >= 0.3 is 0 Å². The number of morpholine rings is 1. The number of benzene rings is 1. The summed E-state index contributed by atoms with van der Waals surface area (Å²) in [6, 6.07) is 9.71. The molecule has 1 aromatic carbocycles. The zero-order chi connectivity index (χ0) is 23.6. The minimum absolute atomic E-state index is 0.0497. The molecule has 1 fully saturated rings. The second kappa shape index (κ2) is 9.30. The van der Waals surface area contributed by atoms with Crippen molar-refractivity contribution >= 4 is 21.1 Å². The fourth-order valence-electron chi connectivity index (χ4n) is 3.64. The van der Waals surface area contributed by atoms with Crippen LogP contribution in [0, 0.1) is 0 Å². The molecule has 33 heavy (non-hydrogen) atoms. The van der Waals surface area contributed by atoms with Crippen molar-refractivity contribution in [1.29, 1.82) is 0 Å². The molecular formula is C23H28N4O5S. The Bertz CT molecular complexity index is 1230. The average Bonchev–Trinajstić information content (AvgIpc) is 2.82. The first kappa shape index (κ1) is 23.5. The summed E-state index contributed by atoms with van der Waals surface area (Å²) in [5.41, 5.74) is 3.40. The van der Waals surface area contributed by atoms with Gasteiger partial charge < -0.3 is 14.6 Å². The molecule has 9 nitrogen and oxygen atoms in total. The van der Waals surface area contributed by atoms with Gasteiger partial charge in [-0.05, 0) is 11.6 Å². The summed E-state index contributed by atoms with van der Waals surface area (Å²) in [6.07, 6.45) is 3.96. The lowest BCUT2D eigenvalue weighted by molar-refractivity contribution is -0.0252. The maximum Gasteiger partial charge on any atom is 0.242 e. The van der Waals surface area contributed by atoms with Gasteiger partial charge in [0.05, 0.1) is 30.7 Å². The van der Waals surface area contributed by atoms with E-state index >= 15 is 0 Å². The smallest absolute Gasteiger partial charge is 0.242 e. The first-order chi connectivity index (χ1) is 15.7. The third-order valence-corrected chi connectivity index (χ3v) is 7.03. The number of rotatable bonds is 7. The maximum absolute atomic E-state index is 11.9. The highest BCUT2D eigenvalue weighted by Crippen LogP contribution is 2.29. The molecule has 2 aromatic heterocycles. The van der Waals surface area contributed by atoms with Gasteiger partial charge in [0.1, 0.15) is 12.7 Å². The molecule has 0 aliphatic carbocycles. The molecule has 1 aliphatic heterocycles. The molecule has 1 aliphatic rings. The normalized spacial score (nSPS) is 17.9. The van der Waals surface area contributed by atoms with Crippen LogP contribution in [-0.4, -0.2) is 78.1 Å². The number of aliphatic hydroxyl groups excluding tert-OH is 1. The van der Waals surface area contributed by atoms with Crippen LogP contribution in [-0.2, 0) is 20.2 Å². The van der Waals surface area contributed by atoms with Crippen LogP contribution in [0.15, 0.2) is 42.7 Å². The van der Waals surface area contributed by atoms with E-state index in [1.807, 2.05) is 44.2 Å². The van der Waals surface area contributed by atoms with Gasteiger partial charge in [-0.25, -0.2) is 18.4 Å². The number of aliphatic hydroxyl groups is 1. The van der Waals surface area contributed by atoms with Crippen molar-refractivity contribution in [1.82, 2.24) is 19.3 Å². The van der Waals surface area contributed by atoms with E-state index in [9.17, 15) is 13.5 Å². The van der Waals surface area contributed by atoms with Crippen molar-refractivity contribution in [3.8, 4) is 17.1 Å². The molecule has 3 aromatic rings. The summed E-state index contributed by atoms with van der Waals surface area (Å²) in [7, 11) is -3.29. The Morgan fingerprint density at radius 3 is 2.64 bits per heavy atom. The molecule has 0 spiro atoms. The van der Waals surface area contributed by atoms with E-state index in [2.05, 4.69) is 15.0 Å². The number of sulfonamides is 1. The Morgan fingerprint density at radius 1 is 1.21 bits per heavy atom. The van der Waals surface area contributed by atoms with Crippen LogP contribution in [0.1, 0.15) is 19.4 Å². The van der Waals surface area contributed by atoms with Crippen LogP contribution in [0.4, 0.5) is 0 Å². The summed E-state index contributed by atoms with van der Waals surface area (Å²) in [5, 5.41) is 9.63. The van der Waals surface area contributed by atoms with Crippen LogP contribution in [0.25, 0.3) is 22.3 Å². The van der Waals surface area contributed by atoms with Crippen LogP contribution in [0.3, 0.4) is 0 Å². The highest BCUT2D eigenvalue weighted by atomic mass is 32.2. The van der Waals surface area contributed by atoms with Crippen molar-refractivity contribution < 1.29 is 23.0 Å². The van der Waals surface area contributed by atoms with E-state index in [-0.39, 0.29) is 25.2 Å². The molecule has 0 bridgehead atoms. The van der Waals surface area contributed by atoms with Gasteiger partial charge in [-0.2, -0.15) is 4.31 Å². The van der Waals surface area contributed by atoms with Crippen molar-refractivity contribution in [2.45, 2.75) is 25.4 Å². The van der Waals surface area contributed by atoms with Gasteiger partial charge in [-0.1, -0.05) is 38.1 Å². The first-order valence-electron chi connectivity index (χ1n) is 10.7. The molecule has 0 saturated carbocycles. The minimum atomic E-state index is -3.29. The van der Waals surface area contributed by atoms with E-state index in [0.29, 0.717) is 35.8 Å². The van der Waals surface area contributed by atoms with Crippen molar-refractivity contribution in [3.63, 3.8) is 0 Å². The number of ether oxygens (including phenoxy) is 2. The topological polar surface area (TPSA) is 115 Å². The van der Waals surface area contributed by atoms with E-state index in [4.69, 9.17) is 9.47 Å². The number of aromatic nitrogens is 3. The molecule has 10 heteroatoms. The Labute approximate surface area is 193 Å². The summed E-state index contributed by atoms with van der Waals surface area (Å²) >= 11 is 0. The van der Waals surface area contributed by atoms with Gasteiger partial charge in [0.2, 0.25) is 15.9 Å². The number of hydrogen-bond donors (Lipinski definition) is 1. The van der Waals surface area contributed by atoms with E-state index in [1.54, 1.807) is 12.4 Å². The molecule has 4 rings (SSSR count). The molecule has 1 N–H and O–H groups in total. The predicted octanol–water partition coefficient (Wildman–Crippen LogP) is 2.00. The monoisotopic (exact) mass is 472 g/mol. The quantitative estimate of drug-likeness (QED) is 0.555. The Kier molecular flexibility index (Phi) is 6.62. The lowest BCUT2D eigenvalue weighted by Crippen LogP contribution is -2.47. The summed E-state index contributed by atoms with van der Waals surface area (Å²) in [4.78, 5) is 13.4. The maximum atomic E-state index is 11.9. The zero-order valence-corrected chi connectivity index (χ0v) is 19.7. The predicted molar refractivity (Wildman–Crippen MR) is 125 cm³/mol. The third-order valence-electron chi connectivity index (χ3n) is 5.76. The highest BCUT2D eigenvalue weighted by Gasteiger charge is 2.27. The third kappa shape index (κ3) is 5.30. The first-order valence-corrected chi connectivity index (χ1v) is 12.6. The van der Waals surface area contributed by atoms with Gasteiger partial charge in [-0.15, -0.1) is 0 Å². The number of nitrogens with zero attached hydrogens (tertiary/aromatic N) is 4. The van der Waals surface area contributed by atoms with Crippen molar-refractivity contribution in [2.75, 3.05) is 39.2 Å². The number of hydrogen-bond acceptors (Lipinski definition) is 8. The molecule has 1 atom stereocenters. The fraction of sp³-hybridized carbons (Fsp3) is 0.435. The van der Waals surface area contributed by atoms with Crippen molar-refractivity contribution in [2.24, 2.45) is 0 Å². The van der Waals surface area contributed by atoms with Crippen LogP contribution < -0.4 is 4.74 Å². The molecule has 3 heterocycles. The van der Waals surface area contributed by atoms with Crippen molar-refractivity contribution in [3.05, 3.63) is 48.3 Å². The lowest BCUT2D eigenvalue weighted by atomic mass is 9.85. The highest BCUT2D eigenvalue weighted by molar-refractivity contribution is 7.88. The van der Waals surface area contributed by atoms with Gasteiger partial charge in [0.25, 0.3) is 0 Å². The average molecular weight is 473 g/mol. The molecule has 0 radical (unpaired) electrons. The SMILES string of the molecule is CC(C)(CO)c1ccc(-c2cc3nccnc3c(OC[C@@H]3CN(S(C)(=O)=O)CCO3)n2)cc1. The van der Waals surface area contributed by atoms with E-state index in [0.717, 1.165) is 11.1 Å². The fourth-order valence-corrected chi connectivity index (χ4v) is 4.48. The zero-order valence-electron chi connectivity index (χ0n) is 18.9. The van der Waals surface area contributed by atoms with Gasteiger partial charge in [-0.3, -0.25) is 4.98 Å². The Hall–Kier alpha value is -2.66. The van der Waals surface area contributed by atoms with Crippen LogP contribution in [0.5, 0.6) is 5.88 Å². The molecule has 0 unspecified atom stereocenters. The Morgan fingerprint density at radius 2 is 1.94 bits per heavy atom. The summed E-state index contributed by atoms with van der Waals surface area (Å²) < 4.78 is 36.8. The second-order valence-corrected chi connectivity index (χ2v) is 10.8. The number of fused-ring (bicyclic) bond motifs is 1. The molecular weight excluding hydrogens is 444 g/mol. The van der Waals surface area contributed by atoms with Crippen LogP contribution in [0.2, 0.25) is 0 Å². The van der Waals surface area contributed by atoms with Gasteiger partial charge in [0, 0.05) is 36.5 Å².